The maximum Gasteiger partial charge on any atom is 0.159 e. The predicted octanol–water partition coefficient (Wildman–Crippen LogP) is 0.929. The Balaban J connectivity index is 3.05. The Labute approximate surface area is 69.7 Å². The Morgan fingerprint density at radius 1 is 1.91 bits per heavy atom. The molecule has 0 radical (unpaired) electrons. The number of aromatic amines is 1. The molecule has 0 atom stereocenters. The smallest absolute Gasteiger partial charge is 0.159 e. The zero-order valence-electron chi connectivity index (χ0n) is 5.78. The summed E-state index contributed by atoms with van der Waals surface area (Å²) in [6, 6.07) is 0. The predicted molar refractivity (Wildman–Crippen MR) is 48.9 cm³/mol. The highest BCUT2D eigenvalue weighted by Gasteiger charge is 2.03. The number of nitrogens with zero attached hydrogens (tertiary/aromatic N) is 2. The number of H-pyrrole nitrogens is 1. The molecule has 1 aromatic rings. The largest absolute Gasteiger partial charge is 0.390 e. The van der Waals surface area contributed by atoms with E-state index in [4.69, 9.17) is 5.73 Å². The zero-order valence-corrected chi connectivity index (χ0v) is 6.68. The van der Waals surface area contributed by atoms with Crippen LogP contribution in [0.25, 0.3) is 4.91 Å². The van der Waals surface area contributed by atoms with Crippen molar-refractivity contribution in [3.05, 3.63) is 18.6 Å². The molecule has 58 valence electrons. The number of nitrogens with one attached hydrogen (secondary N) is 1. The summed E-state index contributed by atoms with van der Waals surface area (Å²) in [5.41, 5.74) is 5.72. The number of thiol groups is 1. The van der Waals surface area contributed by atoms with Crippen LogP contribution in [0.2, 0.25) is 0 Å². The molecule has 0 amide bonds. The highest BCUT2D eigenvalue weighted by molar-refractivity contribution is 7.90. The average Bonchev–Trinajstić information content (AvgIpc) is 2.36. The summed E-state index contributed by atoms with van der Waals surface area (Å²) in [5.74, 6) is 0.576. The van der Waals surface area contributed by atoms with Crippen LogP contribution < -0.4 is 5.73 Å². The van der Waals surface area contributed by atoms with Crippen LogP contribution >= 0.6 is 12.6 Å². The molecule has 0 saturated carbocycles. The highest BCUT2D eigenvalue weighted by atomic mass is 32.1. The number of hydrogen-bond donors (Lipinski definition) is 3. The molecular formula is C6H8N4S. The van der Waals surface area contributed by atoms with Crippen LogP contribution in [0.5, 0.6) is 0 Å². The monoisotopic (exact) mass is 168 g/mol. The van der Waals surface area contributed by atoms with Crippen molar-refractivity contribution in [3.8, 4) is 0 Å². The number of nitrogens with two attached hydrogens (primary N) is 1. The van der Waals surface area contributed by atoms with Gasteiger partial charge in [-0.05, 0) is 0 Å². The minimum atomic E-state index is 0.562. The van der Waals surface area contributed by atoms with E-state index in [1.807, 2.05) is 0 Å². The minimum absolute atomic E-state index is 0.562. The Bertz CT molecular complexity index is 289. The molecule has 4 nitrogen and oxygen atoms in total. The van der Waals surface area contributed by atoms with Crippen molar-refractivity contribution in [1.82, 2.24) is 9.97 Å². The van der Waals surface area contributed by atoms with Crippen LogP contribution in [0.15, 0.2) is 17.9 Å². The summed E-state index contributed by atoms with van der Waals surface area (Å²) in [6.45, 7) is 3.61. The first-order valence-corrected chi connectivity index (χ1v) is 3.36. The molecule has 0 unspecified atom stereocenters. The molecule has 0 fully saturated rings. The summed E-state index contributed by atoms with van der Waals surface area (Å²) in [5, 5.41) is 0. The van der Waals surface area contributed by atoms with Gasteiger partial charge in [0.15, 0.2) is 5.82 Å². The van der Waals surface area contributed by atoms with Crippen molar-refractivity contribution in [2.75, 3.05) is 0 Å². The van der Waals surface area contributed by atoms with Crippen LogP contribution in [0.4, 0.5) is 5.82 Å². The topological polar surface area (TPSA) is 67.1 Å². The standard InChI is InChI=1S/C6H8N4S/c1-4(11)5-6(8-2-7)10-3-9-5/h2-3,11H,1H2,(H2,7,8)(H,9,10). The molecule has 0 aromatic carbocycles. The third-order valence-electron chi connectivity index (χ3n) is 1.10. The molecule has 3 N–H and O–H groups in total. The van der Waals surface area contributed by atoms with Crippen molar-refractivity contribution in [1.29, 1.82) is 0 Å². The van der Waals surface area contributed by atoms with E-state index in [-0.39, 0.29) is 0 Å². The van der Waals surface area contributed by atoms with Crippen LogP contribution in [0.3, 0.4) is 0 Å². The molecule has 5 heteroatoms. The summed E-state index contributed by atoms with van der Waals surface area (Å²) in [4.78, 5) is 11.1. The quantitative estimate of drug-likeness (QED) is 0.349. The second-order valence-corrected chi connectivity index (χ2v) is 2.36. The Morgan fingerprint density at radius 2 is 2.64 bits per heavy atom. The maximum absolute atomic E-state index is 5.09. The van der Waals surface area contributed by atoms with E-state index >= 15 is 0 Å². The SMILES string of the molecule is C=C(S)c1nc[nH]c1/N=C\N. The molecular weight excluding hydrogens is 160 g/mol. The van der Waals surface area contributed by atoms with Crippen molar-refractivity contribution < 1.29 is 0 Å². The van der Waals surface area contributed by atoms with E-state index in [9.17, 15) is 0 Å². The van der Waals surface area contributed by atoms with Gasteiger partial charge < -0.3 is 10.7 Å². The second-order valence-electron chi connectivity index (χ2n) is 1.82. The number of hydrogen-bond acceptors (Lipinski definition) is 3. The van der Waals surface area contributed by atoms with Gasteiger partial charge in [0, 0.05) is 4.91 Å². The first kappa shape index (κ1) is 7.87. The van der Waals surface area contributed by atoms with Crippen molar-refractivity contribution in [3.63, 3.8) is 0 Å². The maximum atomic E-state index is 5.09. The normalized spacial score (nSPS) is 10.6. The average molecular weight is 168 g/mol. The lowest BCUT2D eigenvalue weighted by Gasteiger charge is -1.92. The molecule has 0 aliphatic rings. The number of imidazole rings is 1. The fourth-order valence-electron chi connectivity index (χ4n) is 0.672. The fraction of sp³-hybridized carbons (Fsp3) is 0. The second kappa shape index (κ2) is 3.25. The molecule has 0 saturated heterocycles. The van der Waals surface area contributed by atoms with Crippen LogP contribution in [0.1, 0.15) is 5.69 Å². The lowest BCUT2D eigenvalue weighted by Crippen LogP contribution is -1.87. The summed E-state index contributed by atoms with van der Waals surface area (Å²) in [7, 11) is 0. The van der Waals surface area contributed by atoms with Gasteiger partial charge in [-0.2, -0.15) is 0 Å². The van der Waals surface area contributed by atoms with Gasteiger partial charge in [0.25, 0.3) is 0 Å². The third-order valence-corrected chi connectivity index (χ3v) is 1.31. The lowest BCUT2D eigenvalue weighted by atomic mass is 10.4. The van der Waals surface area contributed by atoms with Gasteiger partial charge in [0.2, 0.25) is 0 Å². The van der Waals surface area contributed by atoms with E-state index in [1.165, 1.54) is 12.7 Å². The van der Waals surface area contributed by atoms with E-state index < -0.39 is 0 Å². The summed E-state index contributed by atoms with van der Waals surface area (Å²) >= 11 is 4.02. The minimum Gasteiger partial charge on any atom is -0.390 e. The molecule has 0 bridgehead atoms. The molecule has 11 heavy (non-hydrogen) atoms. The van der Waals surface area contributed by atoms with Gasteiger partial charge in [-0.15, -0.1) is 12.6 Å². The first-order chi connectivity index (χ1) is 5.25. The van der Waals surface area contributed by atoms with Gasteiger partial charge in [-0.3, -0.25) is 0 Å². The van der Waals surface area contributed by atoms with Gasteiger partial charge in [-0.1, -0.05) is 6.58 Å². The van der Waals surface area contributed by atoms with Crippen molar-refractivity contribution in [2.24, 2.45) is 10.7 Å². The zero-order chi connectivity index (χ0) is 8.27. The molecule has 1 heterocycles. The summed E-state index contributed by atoms with van der Waals surface area (Å²) in [6.07, 6.45) is 2.70. The van der Waals surface area contributed by atoms with Gasteiger partial charge in [0.05, 0.1) is 12.7 Å². The summed E-state index contributed by atoms with van der Waals surface area (Å²) < 4.78 is 0. The van der Waals surface area contributed by atoms with Gasteiger partial charge in [0.1, 0.15) is 5.69 Å². The first-order valence-electron chi connectivity index (χ1n) is 2.91. The number of aromatic nitrogens is 2. The Morgan fingerprint density at radius 3 is 3.18 bits per heavy atom. The number of aliphatic imine (C=N–C) groups is 1. The molecule has 0 aliphatic heterocycles. The third kappa shape index (κ3) is 1.62. The fourth-order valence-corrected chi connectivity index (χ4v) is 0.835. The van der Waals surface area contributed by atoms with Crippen LogP contribution in [-0.2, 0) is 0 Å². The molecule has 1 aromatic heterocycles. The van der Waals surface area contributed by atoms with E-state index in [2.05, 4.69) is 34.2 Å². The van der Waals surface area contributed by atoms with Crippen molar-refractivity contribution in [2.45, 2.75) is 0 Å². The van der Waals surface area contributed by atoms with Gasteiger partial charge >= 0.3 is 0 Å². The lowest BCUT2D eigenvalue weighted by molar-refractivity contribution is 1.30. The van der Waals surface area contributed by atoms with Crippen LogP contribution in [0, 0.1) is 0 Å². The van der Waals surface area contributed by atoms with E-state index in [1.54, 1.807) is 0 Å². The molecule has 0 aliphatic carbocycles. The van der Waals surface area contributed by atoms with E-state index in [0.29, 0.717) is 16.4 Å². The molecule has 1 rings (SSSR count). The van der Waals surface area contributed by atoms with E-state index in [0.717, 1.165) is 0 Å². The van der Waals surface area contributed by atoms with Gasteiger partial charge in [-0.25, -0.2) is 9.98 Å². The van der Waals surface area contributed by atoms with Crippen LogP contribution in [-0.4, -0.2) is 16.3 Å². The Kier molecular flexibility index (Phi) is 2.32. The Hall–Kier alpha value is -1.23. The van der Waals surface area contributed by atoms with Crippen molar-refractivity contribution >= 4 is 29.7 Å². The molecule has 0 spiro atoms. The highest BCUT2D eigenvalue weighted by Crippen LogP contribution is 2.22. The number of rotatable bonds is 2.